The van der Waals surface area contributed by atoms with Gasteiger partial charge in [0.25, 0.3) is 0 Å². The molecule has 0 saturated carbocycles. The summed E-state index contributed by atoms with van der Waals surface area (Å²) in [6.45, 7) is 1.73. The predicted molar refractivity (Wildman–Crippen MR) is 53.2 cm³/mol. The van der Waals surface area contributed by atoms with Gasteiger partial charge in [0.05, 0.1) is 0 Å². The van der Waals surface area contributed by atoms with E-state index in [4.69, 9.17) is 0 Å². The van der Waals surface area contributed by atoms with Crippen LogP contribution < -0.4 is 5.32 Å². The molecular formula is C9H10BrF2NO. The lowest BCUT2D eigenvalue weighted by molar-refractivity contribution is 0.394. The summed E-state index contributed by atoms with van der Waals surface area (Å²) in [5.41, 5.74) is 0.311. The summed E-state index contributed by atoms with van der Waals surface area (Å²) in [5.74, 6) is -2.94. The summed E-state index contributed by atoms with van der Waals surface area (Å²) in [6.07, 6.45) is 0. The van der Waals surface area contributed by atoms with Gasteiger partial charge in [-0.15, -0.1) is 0 Å². The molecule has 0 fully saturated rings. The van der Waals surface area contributed by atoms with Crippen LogP contribution in [0.5, 0.6) is 5.75 Å². The number of benzene rings is 1. The SMILES string of the molecule is CNC(C)c1c(Br)cc(F)c(F)c1O. The van der Waals surface area contributed by atoms with E-state index in [1.165, 1.54) is 0 Å². The molecule has 1 rings (SSSR count). The van der Waals surface area contributed by atoms with E-state index in [2.05, 4.69) is 21.2 Å². The Morgan fingerprint density at radius 3 is 2.57 bits per heavy atom. The average molecular weight is 266 g/mol. The fraction of sp³-hybridized carbons (Fsp3) is 0.333. The second kappa shape index (κ2) is 4.23. The summed E-state index contributed by atoms with van der Waals surface area (Å²) in [4.78, 5) is 0. The summed E-state index contributed by atoms with van der Waals surface area (Å²) >= 11 is 3.07. The summed E-state index contributed by atoms with van der Waals surface area (Å²) in [6, 6.07) is 0.734. The number of halogens is 3. The largest absolute Gasteiger partial charge is 0.504 e. The average Bonchev–Trinajstić information content (AvgIpc) is 2.14. The lowest BCUT2D eigenvalue weighted by Crippen LogP contribution is -2.13. The van der Waals surface area contributed by atoms with Gasteiger partial charge in [0.15, 0.2) is 11.6 Å². The molecule has 0 heterocycles. The van der Waals surface area contributed by atoms with Crippen molar-refractivity contribution in [3.63, 3.8) is 0 Å². The van der Waals surface area contributed by atoms with Gasteiger partial charge in [-0.1, -0.05) is 15.9 Å². The molecule has 0 aromatic heterocycles. The van der Waals surface area contributed by atoms with Gasteiger partial charge in [-0.2, -0.15) is 4.39 Å². The molecule has 0 aliphatic rings. The molecule has 1 atom stereocenters. The number of hydrogen-bond donors (Lipinski definition) is 2. The quantitative estimate of drug-likeness (QED) is 0.806. The molecule has 0 aliphatic carbocycles. The Balaban J connectivity index is 3.36. The molecule has 78 valence electrons. The van der Waals surface area contributed by atoms with Gasteiger partial charge in [0.1, 0.15) is 0 Å². The first-order valence-corrected chi connectivity index (χ1v) is 4.82. The molecule has 2 nitrogen and oxygen atoms in total. The van der Waals surface area contributed by atoms with Crippen molar-refractivity contribution in [1.82, 2.24) is 5.32 Å². The van der Waals surface area contributed by atoms with Crippen molar-refractivity contribution in [1.29, 1.82) is 0 Å². The van der Waals surface area contributed by atoms with Crippen molar-refractivity contribution in [3.05, 3.63) is 27.7 Å². The van der Waals surface area contributed by atoms with Crippen molar-refractivity contribution >= 4 is 15.9 Å². The zero-order valence-electron chi connectivity index (χ0n) is 7.74. The highest BCUT2D eigenvalue weighted by Gasteiger charge is 2.19. The van der Waals surface area contributed by atoms with Crippen LogP contribution in [0.2, 0.25) is 0 Å². The molecule has 1 aromatic rings. The van der Waals surface area contributed by atoms with E-state index in [0.29, 0.717) is 10.0 Å². The third kappa shape index (κ3) is 1.88. The highest BCUT2D eigenvalue weighted by molar-refractivity contribution is 9.10. The summed E-state index contributed by atoms with van der Waals surface area (Å²) in [7, 11) is 1.66. The Labute approximate surface area is 89.1 Å². The third-order valence-electron chi connectivity index (χ3n) is 2.05. The first kappa shape index (κ1) is 11.4. The van der Waals surface area contributed by atoms with Crippen LogP contribution in [0.4, 0.5) is 8.78 Å². The number of nitrogens with one attached hydrogen (secondary N) is 1. The normalized spacial score (nSPS) is 12.9. The van der Waals surface area contributed by atoms with Crippen LogP contribution in [0.15, 0.2) is 10.5 Å². The first-order valence-electron chi connectivity index (χ1n) is 4.02. The van der Waals surface area contributed by atoms with Crippen molar-refractivity contribution in [2.75, 3.05) is 7.05 Å². The van der Waals surface area contributed by atoms with Crippen molar-refractivity contribution in [2.45, 2.75) is 13.0 Å². The Hall–Kier alpha value is -0.680. The fourth-order valence-corrected chi connectivity index (χ4v) is 1.89. The number of phenolic OH excluding ortho intramolecular Hbond substituents is 1. The molecule has 2 N–H and O–H groups in total. The van der Waals surface area contributed by atoms with Crippen LogP contribution in [0, 0.1) is 11.6 Å². The standard InChI is InChI=1S/C9H10BrF2NO/c1-4(13-2)7-5(10)3-6(11)8(12)9(7)14/h3-4,13-14H,1-2H3. The monoisotopic (exact) mass is 265 g/mol. The van der Waals surface area contributed by atoms with Crippen molar-refractivity contribution < 1.29 is 13.9 Å². The van der Waals surface area contributed by atoms with Gasteiger partial charge >= 0.3 is 0 Å². The van der Waals surface area contributed by atoms with Crippen molar-refractivity contribution in [2.24, 2.45) is 0 Å². The van der Waals surface area contributed by atoms with Crippen LogP contribution in [0.1, 0.15) is 18.5 Å². The first-order chi connectivity index (χ1) is 6.49. The van der Waals surface area contributed by atoms with E-state index in [1.54, 1.807) is 14.0 Å². The number of hydrogen-bond acceptors (Lipinski definition) is 2. The molecule has 0 amide bonds. The molecular weight excluding hydrogens is 256 g/mol. The van der Waals surface area contributed by atoms with Crippen LogP contribution in [0.25, 0.3) is 0 Å². The maximum Gasteiger partial charge on any atom is 0.200 e. The second-order valence-electron chi connectivity index (χ2n) is 2.93. The summed E-state index contributed by atoms with van der Waals surface area (Å²) in [5, 5.41) is 12.2. The molecule has 1 aromatic carbocycles. The van der Waals surface area contributed by atoms with Gasteiger partial charge < -0.3 is 10.4 Å². The van der Waals surface area contributed by atoms with E-state index in [0.717, 1.165) is 6.07 Å². The Morgan fingerprint density at radius 1 is 1.50 bits per heavy atom. The van der Waals surface area contributed by atoms with E-state index in [-0.39, 0.29) is 6.04 Å². The zero-order valence-corrected chi connectivity index (χ0v) is 9.32. The zero-order chi connectivity index (χ0) is 10.9. The fourth-order valence-electron chi connectivity index (χ4n) is 1.15. The van der Waals surface area contributed by atoms with E-state index < -0.39 is 17.4 Å². The number of phenols is 1. The van der Waals surface area contributed by atoms with Crippen molar-refractivity contribution in [3.8, 4) is 5.75 Å². The minimum atomic E-state index is -1.22. The lowest BCUT2D eigenvalue weighted by Gasteiger charge is -2.15. The Kier molecular flexibility index (Phi) is 3.44. The molecule has 0 spiro atoms. The maximum atomic E-state index is 13.0. The molecule has 0 radical (unpaired) electrons. The van der Waals surface area contributed by atoms with Gasteiger partial charge in [0, 0.05) is 16.1 Å². The van der Waals surface area contributed by atoms with E-state index >= 15 is 0 Å². The molecule has 5 heteroatoms. The minimum Gasteiger partial charge on any atom is -0.504 e. The van der Waals surface area contributed by atoms with Crippen LogP contribution >= 0.6 is 15.9 Å². The van der Waals surface area contributed by atoms with Gasteiger partial charge in [-0.05, 0) is 20.0 Å². The molecule has 1 unspecified atom stereocenters. The number of aromatic hydroxyl groups is 1. The smallest absolute Gasteiger partial charge is 0.200 e. The highest BCUT2D eigenvalue weighted by atomic mass is 79.9. The lowest BCUT2D eigenvalue weighted by atomic mass is 10.1. The van der Waals surface area contributed by atoms with Crippen LogP contribution in [0.3, 0.4) is 0 Å². The van der Waals surface area contributed by atoms with Crippen LogP contribution in [-0.2, 0) is 0 Å². The highest BCUT2D eigenvalue weighted by Crippen LogP contribution is 2.35. The Morgan fingerprint density at radius 2 is 2.07 bits per heavy atom. The Bertz CT molecular complexity index is 357. The van der Waals surface area contributed by atoms with Gasteiger partial charge in [-0.25, -0.2) is 4.39 Å². The number of rotatable bonds is 2. The van der Waals surface area contributed by atoms with E-state index in [9.17, 15) is 13.9 Å². The minimum absolute atomic E-state index is 0.264. The maximum absolute atomic E-state index is 13.0. The van der Waals surface area contributed by atoms with Gasteiger partial charge in [-0.3, -0.25) is 0 Å². The molecule has 14 heavy (non-hydrogen) atoms. The molecule has 0 saturated heterocycles. The third-order valence-corrected chi connectivity index (χ3v) is 2.71. The van der Waals surface area contributed by atoms with Crippen LogP contribution in [-0.4, -0.2) is 12.2 Å². The summed E-state index contributed by atoms with van der Waals surface area (Å²) < 4.78 is 26.1. The van der Waals surface area contributed by atoms with E-state index in [1.807, 2.05) is 0 Å². The molecule has 0 bridgehead atoms. The predicted octanol–water partition coefficient (Wildman–Crippen LogP) is 2.71. The van der Waals surface area contributed by atoms with Gasteiger partial charge in [0.2, 0.25) is 5.82 Å². The topological polar surface area (TPSA) is 32.3 Å². The molecule has 0 aliphatic heterocycles. The second-order valence-corrected chi connectivity index (χ2v) is 3.78.